The largest absolute Gasteiger partial charge is 0.472 e. The number of unbranched alkanes of at least 4 members (excludes halogenated alkanes) is 44. The molecule has 0 radical (unpaired) electrons. The van der Waals surface area contributed by atoms with Gasteiger partial charge in [0.2, 0.25) is 0 Å². The average Bonchev–Trinajstić information content (AvgIpc) is 1.87. The average molecular weight is 1400 g/mol. The summed E-state index contributed by atoms with van der Waals surface area (Å²) in [4.78, 5) is 72.8. The number of rotatable bonds is 75. The van der Waals surface area contributed by atoms with Crippen molar-refractivity contribution >= 4 is 39.5 Å². The minimum absolute atomic E-state index is 0.105. The van der Waals surface area contributed by atoms with Crippen LogP contribution in [-0.4, -0.2) is 96.7 Å². The van der Waals surface area contributed by atoms with E-state index in [0.29, 0.717) is 25.7 Å². The second-order valence-corrected chi connectivity index (χ2v) is 31.0. The maximum absolute atomic E-state index is 13.1. The number of phosphoric acid groups is 2. The standard InChI is InChI=1S/C76H148O17P2/c1-7-10-12-14-16-18-20-22-23-24-25-26-30-35-42-48-54-60-75(80)92-71(64-86-74(79)59-53-47-41-34-31-27-28-32-38-44-50-56-68(4)5)66-90-94(82,83)88-62-70(77)63-89-95(84,85)91-67-72(93-76(81)61-55-49-43-37-36-39-45-51-57-69(6)9-3)65-87-73(78)58-52-46-40-33-29-21-19-17-15-13-11-8-2/h68-72,77H,7-67H2,1-6H3,(H,82,83)(H,84,85)/t69?,70-,71-,72-/m1/s1. The van der Waals surface area contributed by atoms with Crippen LogP contribution in [0.15, 0.2) is 0 Å². The molecule has 3 N–H and O–H groups in total. The number of hydrogen-bond donors (Lipinski definition) is 3. The Morgan fingerprint density at radius 1 is 0.305 bits per heavy atom. The molecule has 0 aliphatic heterocycles. The number of aliphatic hydroxyl groups excluding tert-OH is 1. The first-order valence-corrected chi connectivity index (χ1v) is 42.5. The van der Waals surface area contributed by atoms with Gasteiger partial charge in [-0.2, -0.15) is 0 Å². The molecule has 17 nitrogen and oxygen atoms in total. The fourth-order valence-electron chi connectivity index (χ4n) is 11.6. The predicted octanol–water partition coefficient (Wildman–Crippen LogP) is 22.3. The van der Waals surface area contributed by atoms with Gasteiger partial charge in [0.15, 0.2) is 12.2 Å². The van der Waals surface area contributed by atoms with Crippen molar-refractivity contribution < 1.29 is 80.2 Å². The zero-order chi connectivity index (χ0) is 70.0. The molecule has 0 saturated heterocycles. The zero-order valence-corrected chi connectivity index (χ0v) is 63.8. The summed E-state index contributed by atoms with van der Waals surface area (Å²) in [5.74, 6) is -0.574. The van der Waals surface area contributed by atoms with E-state index in [1.165, 1.54) is 212 Å². The Kier molecular flexibility index (Phi) is 66.5. The van der Waals surface area contributed by atoms with Gasteiger partial charge in [0.25, 0.3) is 0 Å². The van der Waals surface area contributed by atoms with E-state index in [2.05, 4.69) is 41.5 Å². The molecule has 0 aromatic carbocycles. The summed E-state index contributed by atoms with van der Waals surface area (Å²) in [7, 11) is -9.91. The van der Waals surface area contributed by atoms with Crippen LogP contribution in [0.2, 0.25) is 0 Å². The first kappa shape index (κ1) is 93.1. The van der Waals surface area contributed by atoms with Crippen LogP contribution in [0.25, 0.3) is 0 Å². The van der Waals surface area contributed by atoms with Crippen LogP contribution in [0.4, 0.5) is 0 Å². The molecule has 6 atom stereocenters. The molecule has 0 aliphatic rings. The van der Waals surface area contributed by atoms with E-state index in [-0.39, 0.29) is 25.7 Å². The SMILES string of the molecule is CCCCCCCCCCCCCCCCCCCC(=O)O[C@H](COC(=O)CCCCCCCCCCCCCC(C)C)COP(=O)(O)OC[C@@H](O)COP(=O)(O)OC[C@@H](COC(=O)CCCCCCCCCCCCCC)OC(=O)CCCCCCCCCCC(C)CC. The highest BCUT2D eigenvalue weighted by Gasteiger charge is 2.30. The number of hydrogen-bond acceptors (Lipinski definition) is 15. The molecular weight excluding hydrogens is 1250 g/mol. The molecule has 0 spiro atoms. The van der Waals surface area contributed by atoms with Crippen molar-refractivity contribution in [3.8, 4) is 0 Å². The smallest absolute Gasteiger partial charge is 0.462 e. The molecule has 0 amide bonds. The van der Waals surface area contributed by atoms with Gasteiger partial charge in [-0.15, -0.1) is 0 Å². The monoisotopic (exact) mass is 1400 g/mol. The van der Waals surface area contributed by atoms with Gasteiger partial charge in [-0.25, -0.2) is 9.13 Å². The summed E-state index contributed by atoms with van der Waals surface area (Å²) < 4.78 is 68.6. The van der Waals surface area contributed by atoms with Crippen molar-refractivity contribution in [3.63, 3.8) is 0 Å². The van der Waals surface area contributed by atoms with Crippen LogP contribution in [0.5, 0.6) is 0 Å². The van der Waals surface area contributed by atoms with Crippen LogP contribution in [0.1, 0.15) is 395 Å². The van der Waals surface area contributed by atoms with E-state index in [0.717, 1.165) is 102 Å². The summed E-state index contributed by atoms with van der Waals surface area (Å²) in [5, 5.41) is 10.6. The Morgan fingerprint density at radius 2 is 0.537 bits per heavy atom. The lowest BCUT2D eigenvalue weighted by molar-refractivity contribution is -0.161. The van der Waals surface area contributed by atoms with Crippen LogP contribution < -0.4 is 0 Å². The summed E-state index contributed by atoms with van der Waals surface area (Å²) in [6.07, 6.45) is 55.3. The van der Waals surface area contributed by atoms with Gasteiger partial charge in [0.1, 0.15) is 19.3 Å². The number of carbonyl (C=O) groups is 4. The molecule has 19 heteroatoms. The van der Waals surface area contributed by atoms with E-state index in [4.69, 9.17) is 37.0 Å². The van der Waals surface area contributed by atoms with Crippen LogP contribution in [0.3, 0.4) is 0 Å². The third-order valence-electron chi connectivity index (χ3n) is 18.1. The van der Waals surface area contributed by atoms with Crippen LogP contribution in [-0.2, 0) is 65.4 Å². The maximum Gasteiger partial charge on any atom is 0.472 e. The fourth-order valence-corrected chi connectivity index (χ4v) is 13.2. The van der Waals surface area contributed by atoms with Gasteiger partial charge in [-0.3, -0.25) is 37.3 Å². The Bertz CT molecular complexity index is 1840. The van der Waals surface area contributed by atoms with E-state index in [1.807, 2.05) is 0 Å². The Morgan fingerprint density at radius 3 is 0.800 bits per heavy atom. The maximum atomic E-state index is 13.1. The van der Waals surface area contributed by atoms with E-state index >= 15 is 0 Å². The lowest BCUT2D eigenvalue weighted by atomic mass is 9.99. The molecule has 564 valence electrons. The lowest BCUT2D eigenvalue weighted by Crippen LogP contribution is -2.30. The number of carbonyl (C=O) groups excluding carboxylic acids is 4. The van der Waals surface area contributed by atoms with E-state index in [9.17, 15) is 43.2 Å². The lowest BCUT2D eigenvalue weighted by Gasteiger charge is -2.21. The number of esters is 4. The molecule has 0 rings (SSSR count). The van der Waals surface area contributed by atoms with Gasteiger partial charge < -0.3 is 33.8 Å². The number of phosphoric ester groups is 2. The molecule has 0 bridgehead atoms. The number of ether oxygens (including phenoxy) is 4. The molecule has 0 heterocycles. The van der Waals surface area contributed by atoms with Crippen LogP contribution >= 0.6 is 15.6 Å². The Hall–Kier alpha value is -1.94. The van der Waals surface area contributed by atoms with Gasteiger partial charge in [0, 0.05) is 25.7 Å². The second-order valence-electron chi connectivity index (χ2n) is 28.1. The quantitative estimate of drug-likeness (QED) is 0.0222. The summed E-state index contributed by atoms with van der Waals surface area (Å²) in [6.45, 7) is 9.60. The Balaban J connectivity index is 5.26. The molecule has 0 fully saturated rings. The van der Waals surface area contributed by atoms with Crippen molar-refractivity contribution in [3.05, 3.63) is 0 Å². The highest BCUT2D eigenvalue weighted by molar-refractivity contribution is 7.47. The molecule has 0 aromatic heterocycles. The highest BCUT2D eigenvalue weighted by Crippen LogP contribution is 2.45. The van der Waals surface area contributed by atoms with Crippen molar-refractivity contribution in [2.45, 2.75) is 413 Å². The summed E-state index contributed by atoms with van der Waals surface area (Å²) >= 11 is 0. The zero-order valence-electron chi connectivity index (χ0n) is 62.0. The van der Waals surface area contributed by atoms with Gasteiger partial charge in [-0.1, -0.05) is 343 Å². The van der Waals surface area contributed by atoms with Gasteiger partial charge in [-0.05, 0) is 37.5 Å². The van der Waals surface area contributed by atoms with Crippen molar-refractivity contribution in [1.82, 2.24) is 0 Å². The minimum atomic E-state index is -4.96. The molecule has 0 aromatic rings. The first-order chi connectivity index (χ1) is 45.9. The second kappa shape index (κ2) is 67.9. The third-order valence-corrected chi connectivity index (χ3v) is 20.0. The molecule has 3 unspecified atom stereocenters. The van der Waals surface area contributed by atoms with E-state index in [1.54, 1.807) is 0 Å². The van der Waals surface area contributed by atoms with Crippen molar-refractivity contribution in [2.75, 3.05) is 39.6 Å². The topological polar surface area (TPSA) is 237 Å². The van der Waals surface area contributed by atoms with Gasteiger partial charge >= 0.3 is 39.5 Å². The number of aliphatic hydroxyl groups is 1. The summed E-state index contributed by atoms with van der Waals surface area (Å²) in [5.41, 5.74) is 0. The van der Waals surface area contributed by atoms with Gasteiger partial charge in [0.05, 0.1) is 26.4 Å². The molecule has 95 heavy (non-hydrogen) atoms. The molecule has 0 aliphatic carbocycles. The van der Waals surface area contributed by atoms with Crippen molar-refractivity contribution in [2.24, 2.45) is 11.8 Å². The highest BCUT2D eigenvalue weighted by atomic mass is 31.2. The minimum Gasteiger partial charge on any atom is -0.462 e. The Labute approximate surface area is 581 Å². The normalized spacial score (nSPS) is 14.3. The predicted molar refractivity (Wildman–Crippen MR) is 386 cm³/mol. The van der Waals surface area contributed by atoms with Crippen molar-refractivity contribution in [1.29, 1.82) is 0 Å². The molecule has 0 saturated carbocycles. The fraction of sp³-hybridized carbons (Fsp3) is 0.947. The van der Waals surface area contributed by atoms with Crippen LogP contribution in [0, 0.1) is 11.8 Å². The van der Waals surface area contributed by atoms with E-state index < -0.39 is 97.5 Å². The first-order valence-electron chi connectivity index (χ1n) is 39.5. The summed E-state index contributed by atoms with van der Waals surface area (Å²) in [6, 6.07) is 0. The molecular formula is C76H148O17P2. The third kappa shape index (κ3) is 69.0.